The van der Waals surface area contributed by atoms with Gasteiger partial charge in [0.15, 0.2) is 6.61 Å². The van der Waals surface area contributed by atoms with Crippen LogP contribution in [0.1, 0.15) is 11.1 Å². The van der Waals surface area contributed by atoms with Crippen molar-refractivity contribution in [2.45, 2.75) is 25.9 Å². The van der Waals surface area contributed by atoms with Crippen LogP contribution in [0.5, 0.6) is 5.88 Å². The van der Waals surface area contributed by atoms with Gasteiger partial charge in [-0.15, -0.1) is 0 Å². The van der Waals surface area contributed by atoms with Crippen LogP contribution in [0.2, 0.25) is 0 Å². The van der Waals surface area contributed by atoms with E-state index in [0.29, 0.717) is 17.8 Å². The zero-order valence-corrected chi connectivity index (χ0v) is 14.7. The maximum Gasteiger partial charge on any atom is 0.272 e. The number of aryl methyl sites for hydroxylation is 1. The van der Waals surface area contributed by atoms with Crippen molar-refractivity contribution in [2.24, 2.45) is 4.99 Å². The summed E-state index contributed by atoms with van der Waals surface area (Å²) in [4.78, 5) is 8.22. The zero-order valence-electron chi connectivity index (χ0n) is 14.7. The fourth-order valence-electron chi connectivity index (χ4n) is 2.47. The summed E-state index contributed by atoms with van der Waals surface area (Å²) in [7, 11) is 1.80. The van der Waals surface area contributed by atoms with Gasteiger partial charge < -0.3 is 20.5 Å². The Morgan fingerprint density at radius 1 is 1.50 bits per heavy atom. The van der Waals surface area contributed by atoms with Crippen LogP contribution in [0.25, 0.3) is 0 Å². The summed E-state index contributed by atoms with van der Waals surface area (Å²) in [6.07, 6.45) is 4.25. The SMILES string of the molecule is C=C(O)C1=NC=CC(NC)/C1=C\NCc1cnc(OCC(F)F)c(C)c1. The number of halogens is 2. The van der Waals surface area contributed by atoms with E-state index < -0.39 is 13.0 Å². The third kappa shape index (κ3) is 5.13. The number of aromatic nitrogens is 1. The quantitative estimate of drug-likeness (QED) is 0.618. The van der Waals surface area contributed by atoms with Crippen LogP contribution in [-0.4, -0.2) is 41.9 Å². The van der Waals surface area contributed by atoms with Crippen molar-refractivity contribution in [3.05, 3.63) is 59.8 Å². The highest BCUT2D eigenvalue weighted by Gasteiger charge is 2.20. The molecular weight excluding hydrogens is 342 g/mol. The molecule has 3 N–H and O–H groups in total. The minimum atomic E-state index is -2.54. The van der Waals surface area contributed by atoms with Crippen molar-refractivity contribution in [3.8, 4) is 5.88 Å². The molecule has 0 saturated heterocycles. The van der Waals surface area contributed by atoms with Gasteiger partial charge in [-0.05, 0) is 31.7 Å². The van der Waals surface area contributed by atoms with Crippen LogP contribution in [0, 0.1) is 6.92 Å². The number of hydrogen-bond acceptors (Lipinski definition) is 6. The predicted molar refractivity (Wildman–Crippen MR) is 96.6 cm³/mol. The third-order valence-electron chi connectivity index (χ3n) is 3.67. The van der Waals surface area contributed by atoms with Crippen molar-refractivity contribution in [2.75, 3.05) is 13.7 Å². The highest BCUT2D eigenvalue weighted by atomic mass is 19.3. The number of ether oxygens (including phenoxy) is 1. The summed E-state index contributed by atoms with van der Waals surface area (Å²) in [5, 5.41) is 16.0. The lowest BCUT2D eigenvalue weighted by atomic mass is 9.99. The van der Waals surface area contributed by atoms with E-state index in [9.17, 15) is 13.9 Å². The second kappa shape index (κ2) is 9.10. The van der Waals surface area contributed by atoms with Gasteiger partial charge in [0.05, 0.1) is 6.04 Å². The maximum atomic E-state index is 12.2. The molecule has 0 amide bonds. The monoisotopic (exact) mass is 364 g/mol. The summed E-state index contributed by atoms with van der Waals surface area (Å²) in [6, 6.07) is 1.71. The molecule has 0 radical (unpaired) electrons. The first-order chi connectivity index (χ1) is 12.4. The number of nitrogens with zero attached hydrogens (tertiary/aromatic N) is 2. The minimum absolute atomic E-state index is 0.108. The Bertz CT molecular complexity index is 745. The van der Waals surface area contributed by atoms with Crippen molar-refractivity contribution in [3.63, 3.8) is 0 Å². The molecule has 0 bridgehead atoms. The summed E-state index contributed by atoms with van der Waals surface area (Å²) in [5.41, 5.74) is 2.70. The van der Waals surface area contributed by atoms with Gasteiger partial charge in [0.1, 0.15) is 11.5 Å². The van der Waals surface area contributed by atoms with Crippen LogP contribution >= 0.6 is 0 Å². The Morgan fingerprint density at radius 2 is 2.27 bits per heavy atom. The topological polar surface area (TPSA) is 78.8 Å². The molecule has 26 heavy (non-hydrogen) atoms. The normalized spacial score (nSPS) is 18.1. The van der Waals surface area contributed by atoms with Gasteiger partial charge in [-0.3, -0.25) is 4.99 Å². The van der Waals surface area contributed by atoms with Crippen LogP contribution in [0.15, 0.2) is 53.6 Å². The number of aliphatic hydroxyl groups is 1. The molecule has 0 aromatic carbocycles. The molecule has 140 valence electrons. The number of hydrogen-bond donors (Lipinski definition) is 3. The van der Waals surface area contributed by atoms with Crippen molar-refractivity contribution >= 4 is 5.71 Å². The second-order valence-electron chi connectivity index (χ2n) is 5.68. The Labute approximate surface area is 151 Å². The fourth-order valence-corrected chi connectivity index (χ4v) is 2.47. The van der Waals surface area contributed by atoms with Gasteiger partial charge in [-0.1, -0.05) is 6.58 Å². The van der Waals surface area contributed by atoms with Gasteiger partial charge in [0.2, 0.25) is 5.88 Å². The lowest BCUT2D eigenvalue weighted by molar-refractivity contribution is 0.0792. The average Bonchev–Trinajstić information content (AvgIpc) is 2.60. The van der Waals surface area contributed by atoms with Gasteiger partial charge in [-0.2, -0.15) is 0 Å². The molecular formula is C18H22F2N4O2. The smallest absolute Gasteiger partial charge is 0.272 e. The predicted octanol–water partition coefficient (Wildman–Crippen LogP) is 2.64. The van der Waals surface area contributed by atoms with Crippen LogP contribution in [-0.2, 0) is 6.54 Å². The van der Waals surface area contributed by atoms with Crippen LogP contribution < -0.4 is 15.4 Å². The van der Waals surface area contributed by atoms with Gasteiger partial charge >= 0.3 is 0 Å². The fraction of sp³-hybridized carbons (Fsp3) is 0.333. The van der Waals surface area contributed by atoms with Gasteiger partial charge in [-0.25, -0.2) is 13.8 Å². The Hall–Kier alpha value is -2.74. The van der Waals surface area contributed by atoms with Gasteiger partial charge in [0, 0.05) is 36.3 Å². The molecule has 0 aliphatic carbocycles. The molecule has 6 nitrogen and oxygen atoms in total. The number of alkyl halides is 2. The Kier molecular flexibility index (Phi) is 6.85. The largest absolute Gasteiger partial charge is 0.506 e. The summed E-state index contributed by atoms with van der Waals surface area (Å²) in [6.45, 7) is 5.06. The van der Waals surface area contributed by atoms with E-state index in [-0.39, 0.29) is 17.7 Å². The Morgan fingerprint density at radius 3 is 2.88 bits per heavy atom. The summed E-state index contributed by atoms with van der Waals surface area (Å²) >= 11 is 0. The molecule has 8 heteroatoms. The molecule has 1 aromatic heterocycles. The first-order valence-corrected chi connectivity index (χ1v) is 8.02. The lowest BCUT2D eigenvalue weighted by Crippen LogP contribution is -2.32. The van der Waals surface area contributed by atoms with E-state index >= 15 is 0 Å². The number of aliphatic hydroxyl groups excluding tert-OH is 1. The lowest BCUT2D eigenvalue weighted by Gasteiger charge is -2.21. The molecule has 0 spiro atoms. The number of allylic oxidation sites excluding steroid dienone is 1. The van der Waals surface area contributed by atoms with E-state index in [2.05, 4.69) is 27.2 Å². The molecule has 1 aliphatic rings. The first-order valence-electron chi connectivity index (χ1n) is 8.02. The molecule has 1 aliphatic heterocycles. The molecule has 2 heterocycles. The average molecular weight is 364 g/mol. The van der Waals surface area contributed by atoms with E-state index in [0.717, 1.165) is 11.1 Å². The van der Waals surface area contributed by atoms with E-state index in [4.69, 9.17) is 4.74 Å². The standard InChI is InChI=1S/C18H22F2N4O2/c1-11-6-13(8-24-18(11)26-10-16(19)20)7-22-9-14-15(21-3)4-5-23-17(14)12(2)25/h4-6,8-9,15-16,21-22,25H,2,7,10H2,1,3H3/b14-9+. The van der Waals surface area contributed by atoms with E-state index in [1.54, 1.807) is 32.6 Å². The van der Waals surface area contributed by atoms with Crippen molar-refractivity contribution in [1.29, 1.82) is 0 Å². The second-order valence-corrected chi connectivity index (χ2v) is 5.68. The third-order valence-corrected chi connectivity index (χ3v) is 3.67. The molecule has 1 unspecified atom stereocenters. The molecule has 0 fully saturated rings. The van der Waals surface area contributed by atoms with Crippen LogP contribution in [0.3, 0.4) is 0 Å². The van der Waals surface area contributed by atoms with Crippen molar-refractivity contribution < 1.29 is 18.6 Å². The Balaban J connectivity index is 2.04. The molecule has 2 rings (SSSR count). The van der Waals surface area contributed by atoms with E-state index in [1.165, 1.54) is 0 Å². The van der Waals surface area contributed by atoms with Crippen LogP contribution in [0.4, 0.5) is 8.78 Å². The maximum absolute atomic E-state index is 12.2. The van der Waals surface area contributed by atoms with Gasteiger partial charge in [0.25, 0.3) is 6.43 Å². The van der Waals surface area contributed by atoms with E-state index in [1.807, 2.05) is 12.1 Å². The first kappa shape index (κ1) is 19.6. The minimum Gasteiger partial charge on any atom is -0.506 e. The van der Waals surface area contributed by atoms with Crippen molar-refractivity contribution in [1.82, 2.24) is 15.6 Å². The highest BCUT2D eigenvalue weighted by molar-refractivity contribution is 6.12. The number of likely N-dealkylation sites (N-methyl/N-ethyl adjacent to an activating group) is 1. The molecule has 1 aromatic rings. The highest BCUT2D eigenvalue weighted by Crippen LogP contribution is 2.17. The number of rotatable bonds is 8. The number of pyridine rings is 1. The summed E-state index contributed by atoms with van der Waals surface area (Å²) < 4.78 is 29.4. The summed E-state index contributed by atoms with van der Waals surface area (Å²) in [5.74, 6) is 0.0896. The molecule has 0 saturated carbocycles. The zero-order chi connectivity index (χ0) is 19.1. The number of aliphatic imine (C=N–C) groups is 1. The number of nitrogens with one attached hydrogen (secondary N) is 2. The molecule has 1 atom stereocenters.